The van der Waals surface area contributed by atoms with Crippen molar-refractivity contribution in [1.29, 1.82) is 0 Å². The molecule has 3 aromatic rings. The van der Waals surface area contributed by atoms with Crippen molar-refractivity contribution >= 4 is 23.5 Å². The van der Waals surface area contributed by atoms with Gasteiger partial charge in [-0.15, -0.1) is 5.10 Å². The van der Waals surface area contributed by atoms with Gasteiger partial charge in [0.05, 0.1) is 16.0 Å². The Morgan fingerprint density at radius 2 is 1.89 bits per heavy atom. The Balaban J connectivity index is 1.56. The number of carbonyl (C=O) groups excluding carboxylic acids is 1. The van der Waals surface area contributed by atoms with Crippen LogP contribution >= 0.6 is 11.6 Å². The van der Waals surface area contributed by atoms with Crippen LogP contribution in [0.25, 0.3) is 11.4 Å². The molecule has 28 heavy (non-hydrogen) atoms. The molecule has 1 aliphatic carbocycles. The number of hydrogen-bond donors (Lipinski definition) is 2. The van der Waals surface area contributed by atoms with Crippen LogP contribution in [0, 0.1) is 0 Å². The van der Waals surface area contributed by atoms with Crippen LogP contribution in [0.4, 0.5) is 19.1 Å². The maximum Gasteiger partial charge on any atom is 0.416 e. The molecule has 2 aromatic carbocycles. The SMILES string of the molecule is O=C(Nc1n[nH]c(-c2ccccc2Cl)n1)C1(c2cccc(C(F)(F)F)c2)CC1. The van der Waals surface area contributed by atoms with Gasteiger partial charge in [0.15, 0.2) is 5.82 Å². The summed E-state index contributed by atoms with van der Waals surface area (Å²) in [5, 5.41) is 9.72. The van der Waals surface area contributed by atoms with E-state index in [1.165, 1.54) is 12.1 Å². The molecule has 0 unspecified atom stereocenters. The average Bonchev–Trinajstić information content (AvgIpc) is 3.36. The first-order valence-corrected chi connectivity index (χ1v) is 8.84. The third-order valence-electron chi connectivity index (χ3n) is 4.77. The Bertz CT molecular complexity index is 1040. The number of H-pyrrole nitrogens is 1. The second kappa shape index (κ2) is 6.63. The Labute approximate surface area is 162 Å². The van der Waals surface area contributed by atoms with Crippen molar-refractivity contribution in [3.8, 4) is 11.4 Å². The number of nitrogens with zero attached hydrogens (tertiary/aromatic N) is 2. The van der Waals surface area contributed by atoms with Crippen molar-refractivity contribution in [2.45, 2.75) is 24.4 Å². The van der Waals surface area contributed by atoms with Gasteiger partial charge in [-0.1, -0.05) is 41.9 Å². The third kappa shape index (κ3) is 3.35. The number of anilines is 1. The van der Waals surface area contributed by atoms with E-state index < -0.39 is 23.1 Å². The monoisotopic (exact) mass is 406 g/mol. The standard InChI is InChI=1S/C19H14ClF3N4O/c20-14-7-2-1-6-13(14)15-24-17(27-26-15)25-16(28)18(8-9-18)11-4-3-5-12(10-11)19(21,22)23/h1-7,10H,8-9H2,(H2,24,25,26,27,28). The van der Waals surface area contributed by atoms with Gasteiger partial charge in [-0.3, -0.25) is 15.2 Å². The zero-order valence-corrected chi connectivity index (χ0v) is 15.1. The molecule has 1 aliphatic rings. The van der Waals surface area contributed by atoms with E-state index in [9.17, 15) is 18.0 Å². The minimum atomic E-state index is -4.46. The smallest absolute Gasteiger partial charge is 0.292 e. The number of rotatable bonds is 4. The molecule has 1 fully saturated rings. The van der Waals surface area contributed by atoms with Crippen LogP contribution < -0.4 is 5.32 Å². The lowest BCUT2D eigenvalue weighted by Gasteiger charge is -2.16. The molecule has 4 rings (SSSR count). The lowest BCUT2D eigenvalue weighted by molar-refractivity contribution is -0.137. The maximum atomic E-state index is 13.0. The number of benzene rings is 2. The van der Waals surface area contributed by atoms with Crippen molar-refractivity contribution in [3.05, 3.63) is 64.7 Å². The number of nitrogens with one attached hydrogen (secondary N) is 2. The summed E-state index contributed by atoms with van der Waals surface area (Å²) in [6.07, 6.45) is -3.54. The fourth-order valence-corrected chi connectivity index (χ4v) is 3.30. The minimum Gasteiger partial charge on any atom is -0.292 e. The first-order chi connectivity index (χ1) is 13.3. The number of alkyl halides is 3. The van der Waals surface area contributed by atoms with Gasteiger partial charge >= 0.3 is 6.18 Å². The van der Waals surface area contributed by atoms with Gasteiger partial charge in [-0.05, 0) is 36.6 Å². The topological polar surface area (TPSA) is 70.7 Å². The predicted molar refractivity (Wildman–Crippen MR) is 97.8 cm³/mol. The predicted octanol–water partition coefficient (Wildman–Crippen LogP) is 4.81. The minimum absolute atomic E-state index is 0.0400. The molecule has 0 bridgehead atoms. The van der Waals surface area contributed by atoms with Crippen LogP contribution in [0.5, 0.6) is 0 Å². The summed E-state index contributed by atoms with van der Waals surface area (Å²) in [6.45, 7) is 0. The summed E-state index contributed by atoms with van der Waals surface area (Å²) < 4.78 is 39.0. The molecule has 0 aliphatic heterocycles. The maximum absolute atomic E-state index is 13.0. The highest BCUT2D eigenvalue weighted by atomic mass is 35.5. The lowest BCUT2D eigenvalue weighted by atomic mass is 9.93. The second-order valence-electron chi connectivity index (χ2n) is 6.60. The molecule has 2 N–H and O–H groups in total. The normalized spacial score (nSPS) is 15.3. The van der Waals surface area contributed by atoms with E-state index in [1.54, 1.807) is 24.3 Å². The highest BCUT2D eigenvalue weighted by molar-refractivity contribution is 6.33. The third-order valence-corrected chi connectivity index (χ3v) is 5.10. The number of halogens is 4. The Hall–Kier alpha value is -2.87. The van der Waals surface area contributed by atoms with Gasteiger partial charge in [0.25, 0.3) is 0 Å². The largest absolute Gasteiger partial charge is 0.416 e. The van der Waals surface area contributed by atoms with E-state index in [0.29, 0.717) is 34.8 Å². The molecular weight excluding hydrogens is 393 g/mol. The fraction of sp³-hybridized carbons (Fsp3) is 0.211. The number of aromatic nitrogens is 3. The van der Waals surface area contributed by atoms with E-state index in [2.05, 4.69) is 20.5 Å². The lowest BCUT2D eigenvalue weighted by Crippen LogP contribution is -2.28. The average molecular weight is 407 g/mol. The summed E-state index contributed by atoms with van der Waals surface area (Å²) >= 11 is 6.12. The highest BCUT2D eigenvalue weighted by Crippen LogP contribution is 2.49. The van der Waals surface area contributed by atoms with Gasteiger partial charge in [0.2, 0.25) is 11.9 Å². The molecule has 0 spiro atoms. The van der Waals surface area contributed by atoms with Gasteiger partial charge in [-0.2, -0.15) is 18.2 Å². The van der Waals surface area contributed by atoms with Crippen LogP contribution in [0.2, 0.25) is 5.02 Å². The summed E-state index contributed by atoms with van der Waals surface area (Å²) in [6, 6.07) is 11.9. The van der Waals surface area contributed by atoms with Crippen LogP contribution in [0.15, 0.2) is 48.5 Å². The Morgan fingerprint density at radius 3 is 2.57 bits per heavy atom. The number of amides is 1. The molecule has 144 valence electrons. The number of hydrogen-bond acceptors (Lipinski definition) is 3. The first kappa shape index (κ1) is 18.5. The van der Waals surface area contributed by atoms with Gasteiger partial charge < -0.3 is 0 Å². The summed E-state index contributed by atoms with van der Waals surface area (Å²) in [4.78, 5) is 17.0. The van der Waals surface area contributed by atoms with Crippen LogP contribution in [-0.2, 0) is 16.4 Å². The zero-order chi connectivity index (χ0) is 19.9. The molecule has 9 heteroatoms. The quantitative estimate of drug-likeness (QED) is 0.653. The van der Waals surface area contributed by atoms with Crippen molar-refractivity contribution in [3.63, 3.8) is 0 Å². The van der Waals surface area contributed by atoms with E-state index in [0.717, 1.165) is 12.1 Å². The van der Waals surface area contributed by atoms with Crippen LogP contribution in [-0.4, -0.2) is 21.1 Å². The van der Waals surface area contributed by atoms with Gasteiger partial charge in [-0.25, -0.2) is 0 Å². The summed E-state index contributed by atoms with van der Waals surface area (Å²) in [7, 11) is 0. The second-order valence-corrected chi connectivity index (χ2v) is 7.01. The molecule has 0 saturated heterocycles. The number of aromatic amines is 1. The molecule has 1 heterocycles. The Kier molecular flexibility index (Phi) is 4.38. The zero-order valence-electron chi connectivity index (χ0n) is 14.3. The van der Waals surface area contributed by atoms with Crippen molar-refractivity contribution < 1.29 is 18.0 Å². The van der Waals surface area contributed by atoms with Crippen LogP contribution in [0.1, 0.15) is 24.0 Å². The van der Waals surface area contributed by atoms with Gasteiger partial charge in [0, 0.05) is 5.56 Å². The van der Waals surface area contributed by atoms with Crippen molar-refractivity contribution in [2.75, 3.05) is 5.32 Å². The molecule has 1 saturated carbocycles. The molecule has 0 radical (unpaired) electrons. The molecular formula is C19H14ClF3N4O. The molecule has 1 aromatic heterocycles. The molecule has 0 atom stereocenters. The van der Waals surface area contributed by atoms with Crippen LogP contribution in [0.3, 0.4) is 0 Å². The van der Waals surface area contributed by atoms with E-state index in [1.807, 2.05) is 0 Å². The van der Waals surface area contributed by atoms with E-state index in [4.69, 9.17) is 11.6 Å². The Morgan fingerprint density at radius 1 is 1.14 bits per heavy atom. The highest BCUT2D eigenvalue weighted by Gasteiger charge is 2.52. The van der Waals surface area contributed by atoms with Crippen molar-refractivity contribution in [1.82, 2.24) is 15.2 Å². The summed E-state index contributed by atoms with van der Waals surface area (Å²) in [5.74, 6) is -0.0143. The van der Waals surface area contributed by atoms with E-state index in [-0.39, 0.29) is 5.95 Å². The van der Waals surface area contributed by atoms with Gasteiger partial charge in [0.1, 0.15) is 0 Å². The summed E-state index contributed by atoms with van der Waals surface area (Å²) in [5.41, 5.74) is -0.812. The molecule has 1 amide bonds. The number of carbonyl (C=O) groups is 1. The first-order valence-electron chi connectivity index (χ1n) is 8.46. The van der Waals surface area contributed by atoms with Crippen molar-refractivity contribution in [2.24, 2.45) is 0 Å². The molecule has 5 nitrogen and oxygen atoms in total. The fourth-order valence-electron chi connectivity index (χ4n) is 3.08. The van der Waals surface area contributed by atoms with E-state index >= 15 is 0 Å².